The quantitative estimate of drug-likeness (QED) is 0.366. The van der Waals surface area contributed by atoms with Gasteiger partial charge in [-0.25, -0.2) is 0 Å². The average molecular weight is 222 g/mol. The number of diazo groups is 1. The Balaban J connectivity index is 3.16. The van der Waals surface area contributed by atoms with Gasteiger partial charge in [0.25, 0.3) is 5.69 Å². The van der Waals surface area contributed by atoms with Crippen molar-refractivity contribution >= 4 is 11.4 Å². The highest BCUT2D eigenvalue weighted by atomic mass is 16.6. The number of rotatable bonds is 3. The number of benzene rings is 1. The summed E-state index contributed by atoms with van der Waals surface area (Å²) in [4.78, 5) is 12.7. The maximum atomic E-state index is 10.4. The molecule has 1 aromatic rings. The monoisotopic (exact) mass is 222 g/mol. The Bertz CT molecular complexity index is 473. The van der Waals surface area contributed by atoms with Gasteiger partial charge in [0, 0.05) is 12.1 Å². The van der Waals surface area contributed by atoms with Crippen molar-refractivity contribution in [3.63, 3.8) is 0 Å². The zero-order valence-electron chi connectivity index (χ0n) is 8.32. The second kappa shape index (κ2) is 4.75. The molecule has 0 unspecified atom stereocenters. The number of non-ortho nitro benzene ring substituents is 1. The third-order valence-corrected chi connectivity index (χ3v) is 1.85. The highest BCUT2D eigenvalue weighted by Gasteiger charge is 2.23. The van der Waals surface area contributed by atoms with E-state index in [2.05, 4.69) is 9.71 Å². The smallest absolute Gasteiger partial charge is 0.471 e. The molecule has 0 aromatic heterocycles. The van der Waals surface area contributed by atoms with Gasteiger partial charge in [-0.05, 0) is 12.1 Å². The molecule has 0 aliphatic rings. The molecule has 0 bridgehead atoms. The third kappa shape index (κ3) is 2.24. The molecule has 16 heavy (non-hydrogen) atoms. The number of hydrogen-bond donors (Lipinski definition) is 1. The molecule has 1 aromatic carbocycles. The van der Waals surface area contributed by atoms with Crippen molar-refractivity contribution < 1.29 is 14.8 Å². The molecule has 0 radical (unpaired) electrons. The summed E-state index contributed by atoms with van der Waals surface area (Å²) in [6.45, 7) is 0. The van der Waals surface area contributed by atoms with E-state index in [4.69, 9.17) is 5.39 Å². The number of hydrogen-bond acceptors (Lipinski definition) is 5. The first-order valence-electron chi connectivity index (χ1n) is 4.17. The largest absolute Gasteiger partial charge is 0.475 e. The Labute approximate surface area is 90.4 Å². The Hall–Kier alpha value is -2.62. The first-order chi connectivity index (χ1) is 7.60. The molecule has 0 aliphatic carbocycles. The van der Waals surface area contributed by atoms with E-state index < -0.39 is 10.9 Å². The highest BCUT2D eigenvalue weighted by molar-refractivity contribution is 5.71. The van der Waals surface area contributed by atoms with Gasteiger partial charge in [-0.3, -0.25) is 10.1 Å². The van der Waals surface area contributed by atoms with Crippen molar-refractivity contribution in [2.24, 2.45) is 0 Å². The Kier molecular flexibility index (Phi) is 3.40. The van der Waals surface area contributed by atoms with Crippen molar-refractivity contribution in [3.05, 3.63) is 50.9 Å². The number of nitrogens with zero attached hydrogens (tertiary/aromatic N) is 3. The summed E-state index contributed by atoms with van der Waals surface area (Å²) in [6.07, 6.45) is 0. The molecule has 82 valence electrons. The molecular formula is C9H8N3O4+. The second-order valence-electron chi connectivity index (χ2n) is 2.76. The molecule has 0 spiro atoms. The van der Waals surface area contributed by atoms with Gasteiger partial charge in [-0.1, -0.05) is 0 Å². The SMILES string of the molecule is CO/C(O)=C(\[N+]#N)c1ccc([N+](=O)[O-])cc1. The normalized spacial score (nSPS) is 11.2. The van der Waals surface area contributed by atoms with Gasteiger partial charge in [0.1, 0.15) is 0 Å². The third-order valence-electron chi connectivity index (χ3n) is 1.85. The predicted octanol–water partition coefficient (Wildman–Crippen LogP) is 2.28. The summed E-state index contributed by atoms with van der Waals surface area (Å²) in [5.41, 5.74) is 0.00259. The molecular weight excluding hydrogens is 214 g/mol. The number of methoxy groups -OCH3 is 1. The zero-order valence-corrected chi connectivity index (χ0v) is 8.32. The summed E-state index contributed by atoms with van der Waals surface area (Å²) in [5.74, 6) is -0.573. The lowest BCUT2D eigenvalue weighted by Crippen LogP contribution is -1.92. The van der Waals surface area contributed by atoms with Crippen molar-refractivity contribution in [1.29, 1.82) is 5.39 Å². The highest BCUT2D eigenvalue weighted by Crippen LogP contribution is 2.22. The lowest BCUT2D eigenvalue weighted by molar-refractivity contribution is -0.384. The summed E-state index contributed by atoms with van der Waals surface area (Å²) in [6, 6.07) is 5.12. The first-order valence-corrected chi connectivity index (χ1v) is 4.17. The molecule has 0 atom stereocenters. The van der Waals surface area contributed by atoms with E-state index in [1.54, 1.807) is 0 Å². The van der Waals surface area contributed by atoms with Crippen LogP contribution in [0.4, 0.5) is 5.69 Å². The molecule has 0 amide bonds. The Morgan fingerprint density at radius 2 is 2.06 bits per heavy atom. The van der Waals surface area contributed by atoms with Crippen LogP contribution >= 0.6 is 0 Å². The van der Waals surface area contributed by atoms with Crippen LogP contribution in [0.25, 0.3) is 10.7 Å². The minimum Gasteiger partial charge on any atom is -0.475 e. The Morgan fingerprint density at radius 1 is 1.50 bits per heavy atom. The van der Waals surface area contributed by atoms with Gasteiger partial charge in [0.15, 0.2) is 4.98 Å². The standard InChI is InChI=1S/C9H7N3O4/c1-16-9(13)8(11-10)6-2-4-7(5-3-6)12(14)15/h2-5H,1H3/p+1/b9-8-. The number of nitro benzene ring substituents is 1. The van der Waals surface area contributed by atoms with E-state index in [0.29, 0.717) is 5.56 Å². The van der Waals surface area contributed by atoms with Crippen LogP contribution in [0.5, 0.6) is 0 Å². The van der Waals surface area contributed by atoms with Crippen LogP contribution in [0.15, 0.2) is 30.2 Å². The number of ether oxygens (including phenoxy) is 1. The van der Waals surface area contributed by atoms with Crippen molar-refractivity contribution in [1.82, 2.24) is 0 Å². The lowest BCUT2D eigenvalue weighted by Gasteiger charge is -1.94. The van der Waals surface area contributed by atoms with Gasteiger partial charge in [0.2, 0.25) is 5.39 Å². The first kappa shape index (κ1) is 11.5. The maximum absolute atomic E-state index is 10.4. The minimum absolute atomic E-state index is 0.0991. The summed E-state index contributed by atoms with van der Waals surface area (Å²) in [5, 5.41) is 28.3. The fraction of sp³-hybridized carbons (Fsp3) is 0.111. The number of aliphatic hydroxyl groups excluding tert-OH is 1. The molecule has 0 heterocycles. The Morgan fingerprint density at radius 3 is 2.44 bits per heavy atom. The van der Waals surface area contributed by atoms with Crippen molar-refractivity contribution in [2.45, 2.75) is 0 Å². The summed E-state index contributed by atoms with van der Waals surface area (Å²) < 4.78 is 4.48. The average Bonchev–Trinajstić information content (AvgIpc) is 2.30. The number of nitro groups is 1. The van der Waals surface area contributed by atoms with E-state index in [1.165, 1.54) is 31.4 Å². The second-order valence-corrected chi connectivity index (χ2v) is 2.76. The summed E-state index contributed by atoms with van der Waals surface area (Å²) in [7, 11) is 1.20. The van der Waals surface area contributed by atoms with Crippen molar-refractivity contribution in [2.75, 3.05) is 7.11 Å². The van der Waals surface area contributed by atoms with Gasteiger partial charge in [-0.2, -0.15) is 0 Å². The summed E-state index contributed by atoms with van der Waals surface area (Å²) >= 11 is 0. The molecule has 7 nitrogen and oxygen atoms in total. The minimum atomic E-state index is -0.573. The molecule has 0 saturated heterocycles. The fourth-order valence-corrected chi connectivity index (χ4v) is 1.06. The maximum Gasteiger partial charge on any atom is 0.471 e. The van der Waals surface area contributed by atoms with Gasteiger partial charge in [-0.15, -0.1) is 0 Å². The van der Waals surface area contributed by atoms with Crippen LogP contribution in [0, 0.1) is 15.5 Å². The zero-order chi connectivity index (χ0) is 12.1. The molecule has 0 fully saturated rings. The van der Waals surface area contributed by atoms with Gasteiger partial charge in [0.05, 0.1) is 17.6 Å². The molecule has 1 N–H and O–H groups in total. The van der Waals surface area contributed by atoms with Crippen LogP contribution in [0.3, 0.4) is 0 Å². The topological polar surface area (TPSA) is 101 Å². The van der Waals surface area contributed by atoms with Crippen LogP contribution < -0.4 is 0 Å². The van der Waals surface area contributed by atoms with Crippen molar-refractivity contribution in [3.8, 4) is 0 Å². The van der Waals surface area contributed by atoms with Gasteiger partial charge >= 0.3 is 11.6 Å². The number of aliphatic hydroxyl groups is 1. The van der Waals surface area contributed by atoms with Crippen LogP contribution in [0.2, 0.25) is 0 Å². The lowest BCUT2D eigenvalue weighted by atomic mass is 10.1. The molecule has 0 aliphatic heterocycles. The van der Waals surface area contributed by atoms with Crippen LogP contribution in [0.1, 0.15) is 5.56 Å². The van der Waals surface area contributed by atoms with E-state index >= 15 is 0 Å². The van der Waals surface area contributed by atoms with E-state index in [1.807, 2.05) is 0 Å². The molecule has 7 heteroatoms. The van der Waals surface area contributed by atoms with Crippen LogP contribution in [-0.2, 0) is 4.74 Å². The predicted molar refractivity (Wildman–Crippen MR) is 54.7 cm³/mol. The van der Waals surface area contributed by atoms with Gasteiger partial charge < -0.3 is 9.84 Å². The van der Waals surface area contributed by atoms with E-state index in [-0.39, 0.29) is 11.4 Å². The fourth-order valence-electron chi connectivity index (χ4n) is 1.06. The van der Waals surface area contributed by atoms with E-state index in [0.717, 1.165) is 0 Å². The van der Waals surface area contributed by atoms with E-state index in [9.17, 15) is 15.2 Å². The van der Waals surface area contributed by atoms with Crippen LogP contribution in [-0.4, -0.2) is 17.1 Å². The molecule has 0 saturated carbocycles. The molecule has 1 rings (SSSR count).